The first-order valence-corrected chi connectivity index (χ1v) is 11.4. The second-order valence-corrected chi connectivity index (χ2v) is 9.25. The maximum absolute atomic E-state index is 12.6. The molecule has 5 rings (SSSR count). The van der Waals surface area contributed by atoms with Crippen molar-refractivity contribution in [1.82, 2.24) is 14.8 Å². The summed E-state index contributed by atoms with van der Waals surface area (Å²) in [6.45, 7) is 4.82. The summed E-state index contributed by atoms with van der Waals surface area (Å²) >= 11 is 1.54. The van der Waals surface area contributed by atoms with Gasteiger partial charge in [0.25, 0.3) is 0 Å². The Balaban J connectivity index is 1.52. The Labute approximate surface area is 190 Å². The average molecular weight is 449 g/mol. The van der Waals surface area contributed by atoms with Gasteiger partial charge in [-0.25, -0.2) is 4.98 Å². The Morgan fingerprint density at radius 2 is 2.06 bits per heavy atom. The highest BCUT2D eigenvalue weighted by Crippen LogP contribution is 2.41. The summed E-state index contributed by atoms with van der Waals surface area (Å²) in [5.74, 6) is 2.27. The number of fused-ring (bicyclic) bond motifs is 2. The number of carbonyl (C=O) groups is 1. The molecule has 0 unspecified atom stereocenters. The number of ether oxygens (including phenoxy) is 2. The van der Waals surface area contributed by atoms with Gasteiger partial charge in [-0.05, 0) is 35.7 Å². The molecule has 0 saturated carbocycles. The molecular weight excluding hydrogens is 424 g/mol. The Hall–Kier alpha value is -3.39. The summed E-state index contributed by atoms with van der Waals surface area (Å²) in [4.78, 5) is 17.3. The van der Waals surface area contributed by atoms with Crippen molar-refractivity contribution < 1.29 is 14.3 Å². The van der Waals surface area contributed by atoms with Crippen molar-refractivity contribution in [3.63, 3.8) is 0 Å². The third-order valence-electron chi connectivity index (χ3n) is 5.45. The standard InChI is InChI=1S/C24H24N4O3S/c1-14(2)13-31-19-9-8-15(10-20(19)30-3)16-11-22(29)27-23-17(16)12-25-28(23)24-26-18-6-4-5-7-21(18)32-24/h4-10,12,14,16H,11,13H2,1-3H3,(H,27,29)/t16-/m1/s1. The second-order valence-electron chi connectivity index (χ2n) is 8.24. The minimum atomic E-state index is -0.130. The van der Waals surface area contributed by atoms with Gasteiger partial charge in [0.2, 0.25) is 11.0 Å². The van der Waals surface area contributed by atoms with E-state index in [1.54, 1.807) is 23.1 Å². The number of amides is 1. The Morgan fingerprint density at radius 1 is 1.22 bits per heavy atom. The summed E-state index contributed by atoms with van der Waals surface area (Å²) in [6, 6.07) is 13.8. The van der Waals surface area contributed by atoms with Gasteiger partial charge in [-0.2, -0.15) is 9.78 Å². The van der Waals surface area contributed by atoms with E-state index in [0.29, 0.717) is 36.3 Å². The van der Waals surface area contributed by atoms with Crippen LogP contribution in [0.4, 0.5) is 5.82 Å². The quantitative estimate of drug-likeness (QED) is 0.449. The van der Waals surface area contributed by atoms with Gasteiger partial charge in [0.05, 0.1) is 30.1 Å². The molecule has 1 atom stereocenters. The van der Waals surface area contributed by atoms with Crippen LogP contribution in [0.1, 0.15) is 37.3 Å². The van der Waals surface area contributed by atoms with Crippen molar-refractivity contribution in [3.05, 3.63) is 59.8 Å². The first-order valence-electron chi connectivity index (χ1n) is 10.6. The third-order valence-corrected chi connectivity index (χ3v) is 6.46. The number of aromatic nitrogens is 3. The normalized spacial score (nSPS) is 15.6. The van der Waals surface area contributed by atoms with Crippen molar-refractivity contribution in [2.45, 2.75) is 26.2 Å². The van der Waals surface area contributed by atoms with Gasteiger partial charge < -0.3 is 14.8 Å². The molecule has 0 saturated heterocycles. The van der Waals surface area contributed by atoms with Gasteiger partial charge in [-0.3, -0.25) is 4.79 Å². The van der Waals surface area contributed by atoms with Crippen molar-refractivity contribution in [3.8, 4) is 16.6 Å². The van der Waals surface area contributed by atoms with E-state index in [0.717, 1.165) is 26.5 Å². The zero-order valence-corrected chi connectivity index (χ0v) is 19.0. The van der Waals surface area contributed by atoms with Gasteiger partial charge in [0.15, 0.2) is 11.5 Å². The monoisotopic (exact) mass is 448 g/mol. The highest BCUT2D eigenvalue weighted by atomic mass is 32.1. The van der Waals surface area contributed by atoms with E-state index in [1.165, 1.54) is 0 Å². The molecule has 164 valence electrons. The molecule has 0 bridgehead atoms. The molecular formula is C24H24N4O3S. The molecule has 0 radical (unpaired) electrons. The van der Waals surface area contributed by atoms with E-state index in [1.807, 2.05) is 48.7 Å². The van der Waals surface area contributed by atoms with Gasteiger partial charge in [0, 0.05) is 17.9 Å². The summed E-state index contributed by atoms with van der Waals surface area (Å²) in [6.07, 6.45) is 2.16. The van der Waals surface area contributed by atoms with Crippen LogP contribution in [0.2, 0.25) is 0 Å². The van der Waals surface area contributed by atoms with Crippen LogP contribution in [-0.2, 0) is 4.79 Å². The van der Waals surface area contributed by atoms with Crippen LogP contribution in [0.5, 0.6) is 11.5 Å². The van der Waals surface area contributed by atoms with Crippen LogP contribution >= 0.6 is 11.3 Å². The summed E-state index contributed by atoms with van der Waals surface area (Å²) in [5.41, 5.74) is 2.86. The smallest absolute Gasteiger partial charge is 0.226 e. The SMILES string of the molecule is COc1cc([C@H]2CC(=O)Nc3c2cnn3-c2nc3ccccc3s2)ccc1OCC(C)C. The lowest BCUT2D eigenvalue weighted by Crippen LogP contribution is -2.24. The molecule has 2 aromatic heterocycles. The third kappa shape index (κ3) is 3.71. The van der Waals surface area contributed by atoms with E-state index in [2.05, 4.69) is 24.3 Å². The molecule has 1 N–H and O–H groups in total. The van der Waals surface area contributed by atoms with Crippen LogP contribution in [0, 0.1) is 5.92 Å². The van der Waals surface area contributed by atoms with Crippen LogP contribution in [-0.4, -0.2) is 34.4 Å². The van der Waals surface area contributed by atoms with E-state index in [-0.39, 0.29) is 11.8 Å². The fraction of sp³-hybridized carbons (Fsp3) is 0.292. The lowest BCUT2D eigenvalue weighted by Gasteiger charge is -2.24. The van der Waals surface area contributed by atoms with Crippen molar-refractivity contribution in [2.75, 3.05) is 19.0 Å². The first-order chi connectivity index (χ1) is 15.5. The highest BCUT2D eigenvalue weighted by Gasteiger charge is 2.31. The predicted molar refractivity (Wildman–Crippen MR) is 125 cm³/mol. The average Bonchev–Trinajstić information content (AvgIpc) is 3.40. The van der Waals surface area contributed by atoms with E-state index in [4.69, 9.17) is 14.5 Å². The molecule has 1 aliphatic heterocycles. The predicted octanol–water partition coefficient (Wildman–Crippen LogP) is 5.00. The number of nitrogens with one attached hydrogen (secondary N) is 1. The number of para-hydroxylation sites is 1. The molecule has 4 aromatic rings. The lowest BCUT2D eigenvalue weighted by molar-refractivity contribution is -0.116. The van der Waals surface area contributed by atoms with Crippen molar-refractivity contribution >= 4 is 33.3 Å². The number of benzene rings is 2. The maximum atomic E-state index is 12.6. The Bertz CT molecular complexity index is 1260. The molecule has 32 heavy (non-hydrogen) atoms. The molecule has 0 aliphatic carbocycles. The van der Waals surface area contributed by atoms with E-state index < -0.39 is 0 Å². The topological polar surface area (TPSA) is 78.3 Å². The molecule has 7 nitrogen and oxygen atoms in total. The molecule has 0 fully saturated rings. The fourth-order valence-electron chi connectivity index (χ4n) is 3.89. The fourth-order valence-corrected chi connectivity index (χ4v) is 4.82. The first kappa shape index (κ1) is 20.5. The largest absolute Gasteiger partial charge is 0.493 e. The molecule has 2 aromatic carbocycles. The maximum Gasteiger partial charge on any atom is 0.226 e. The minimum Gasteiger partial charge on any atom is -0.493 e. The van der Waals surface area contributed by atoms with E-state index in [9.17, 15) is 4.79 Å². The summed E-state index contributed by atoms with van der Waals surface area (Å²) < 4.78 is 14.3. The van der Waals surface area contributed by atoms with Crippen LogP contribution < -0.4 is 14.8 Å². The van der Waals surface area contributed by atoms with Gasteiger partial charge in [-0.15, -0.1) is 0 Å². The zero-order chi connectivity index (χ0) is 22.2. The van der Waals surface area contributed by atoms with Crippen molar-refractivity contribution in [1.29, 1.82) is 0 Å². The highest BCUT2D eigenvalue weighted by molar-refractivity contribution is 7.20. The number of rotatable bonds is 6. The summed E-state index contributed by atoms with van der Waals surface area (Å²) in [7, 11) is 1.63. The molecule has 8 heteroatoms. The van der Waals surface area contributed by atoms with Crippen LogP contribution in [0.25, 0.3) is 15.3 Å². The van der Waals surface area contributed by atoms with Crippen molar-refractivity contribution in [2.24, 2.45) is 5.92 Å². The zero-order valence-electron chi connectivity index (χ0n) is 18.2. The van der Waals surface area contributed by atoms with Gasteiger partial charge in [0.1, 0.15) is 5.82 Å². The van der Waals surface area contributed by atoms with E-state index >= 15 is 0 Å². The number of hydrogen-bond donors (Lipinski definition) is 1. The Morgan fingerprint density at radius 3 is 2.84 bits per heavy atom. The number of thiazole rings is 1. The van der Waals surface area contributed by atoms with Gasteiger partial charge in [-0.1, -0.05) is 43.4 Å². The second kappa shape index (κ2) is 8.27. The molecule has 1 aliphatic rings. The Kier molecular flexibility index (Phi) is 5.30. The minimum absolute atomic E-state index is 0.0514. The summed E-state index contributed by atoms with van der Waals surface area (Å²) in [5, 5.41) is 8.30. The van der Waals surface area contributed by atoms with Crippen LogP contribution in [0.3, 0.4) is 0 Å². The lowest BCUT2D eigenvalue weighted by atomic mass is 9.87. The van der Waals surface area contributed by atoms with Gasteiger partial charge >= 0.3 is 0 Å². The number of hydrogen-bond acceptors (Lipinski definition) is 6. The number of methoxy groups -OCH3 is 1. The molecule has 3 heterocycles. The number of anilines is 1. The van der Waals surface area contributed by atoms with Crippen LogP contribution in [0.15, 0.2) is 48.7 Å². The number of nitrogens with zero attached hydrogens (tertiary/aromatic N) is 3. The molecule has 0 spiro atoms. The number of carbonyl (C=O) groups excluding carboxylic acids is 1. The molecule has 1 amide bonds.